The summed E-state index contributed by atoms with van der Waals surface area (Å²) >= 11 is 0. The molecule has 1 amide bonds. The Balaban J connectivity index is 1.43. The third-order valence-electron chi connectivity index (χ3n) is 6.16. The summed E-state index contributed by atoms with van der Waals surface area (Å²) < 4.78 is 5.53. The summed E-state index contributed by atoms with van der Waals surface area (Å²) in [7, 11) is 0. The Morgan fingerprint density at radius 1 is 1.00 bits per heavy atom. The van der Waals surface area contributed by atoms with Crippen molar-refractivity contribution < 1.29 is 9.21 Å². The van der Waals surface area contributed by atoms with Crippen LogP contribution in [0.3, 0.4) is 0 Å². The van der Waals surface area contributed by atoms with Crippen molar-refractivity contribution in [1.29, 1.82) is 0 Å². The molecule has 2 aromatic heterocycles. The molecule has 0 radical (unpaired) electrons. The van der Waals surface area contributed by atoms with E-state index in [2.05, 4.69) is 4.90 Å². The number of amides is 1. The maximum absolute atomic E-state index is 13.4. The standard InChI is InChI=1S/C23H25N3O2/c27-23(26-13-11-25(12-14-26)17-6-1-2-7-17)19-16-21(22-10-5-15-28-22)24-20-9-4-3-8-18(19)20/h3-5,8-10,15-17H,1-2,6-7,11-14H2. The molecule has 2 aliphatic rings. The molecular formula is C23H25N3O2. The van der Waals surface area contributed by atoms with Crippen LogP contribution in [-0.4, -0.2) is 52.9 Å². The number of piperazine rings is 1. The molecule has 0 N–H and O–H groups in total. The zero-order chi connectivity index (χ0) is 18.9. The maximum Gasteiger partial charge on any atom is 0.254 e. The first-order valence-corrected chi connectivity index (χ1v) is 10.3. The Morgan fingerprint density at radius 3 is 2.54 bits per heavy atom. The molecule has 144 valence electrons. The highest BCUT2D eigenvalue weighted by Gasteiger charge is 2.29. The van der Waals surface area contributed by atoms with E-state index in [1.807, 2.05) is 47.4 Å². The Labute approximate surface area is 165 Å². The van der Waals surface area contributed by atoms with Crippen LogP contribution < -0.4 is 0 Å². The molecule has 1 saturated heterocycles. The molecule has 0 bridgehead atoms. The second-order valence-electron chi connectivity index (χ2n) is 7.82. The molecule has 1 saturated carbocycles. The highest BCUT2D eigenvalue weighted by atomic mass is 16.3. The van der Waals surface area contributed by atoms with E-state index in [1.165, 1.54) is 25.7 Å². The third kappa shape index (κ3) is 3.20. The molecule has 0 spiro atoms. The molecule has 1 aliphatic carbocycles. The lowest BCUT2D eigenvalue weighted by Gasteiger charge is -2.38. The fourth-order valence-electron chi connectivity index (χ4n) is 4.63. The summed E-state index contributed by atoms with van der Waals surface area (Å²) in [6.07, 6.45) is 6.96. The maximum atomic E-state index is 13.4. The van der Waals surface area contributed by atoms with Crippen LogP contribution in [0.25, 0.3) is 22.4 Å². The number of para-hydroxylation sites is 1. The molecule has 1 aromatic carbocycles. The van der Waals surface area contributed by atoms with Crippen molar-refractivity contribution in [2.45, 2.75) is 31.7 Å². The number of fused-ring (bicyclic) bond motifs is 1. The lowest BCUT2D eigenvalue weighted by Crippen LogP contribution is -2.51. The highest BCUT2D eigenvalue weighted by Crippen LogP contribution is 2.28. The van der Waals surface area contributed by atoms with Gasteiger partial charge in [0.15, 0.2) is 5.76 Å². The van der Waals surface area contributed by atoms with E-state index >= 15 is 0 Å². The topological polar surface area (TPSA) is 49.6 Å². The van der Waals surface area contributed by atoms with Crippen molar-refractivity contribution in [3.8, 4) is 11.5 Å². The van der Waals surface area contributed by atoms with Gasteiger partial charge in [-0.1, -0.05) is 31.0 Å². The predicted octanol–water partition coefficient (Wildman–Crippen LogP) is 4.20. The molecule has 5 nitrogen and oxygen atoms in total. The number of hydrogen-bond acceptors (Lipinski definition) is 4. The van der Waals surface area contributed by atoms with Crippen LogP contribution in [0.2, 0.25) is 0 Å². The third-order valence-corrected chi connectivity index (χ3v) is 6.16. The zero-order valence-corrected chi connectivity index (χ0v) is 16.0. The van der Waals surface area contributed by atoms with Crippen LogP contribution in [0.1, 0.15) is 36.0 Å². The largest absolute Gasteiger partial charge is 0.463 e. The van der Waals surface area contributed by atoms with E-state index < -0.39 is 0 Å². The first kappa shape index (κ1) is 17.4. The van der Waals surface area contributed by atoms with Gasteiger partial charge < -0.3 is 9.32 Å². The van der Waals surface area contributed by atoms with Crippen LogP contribution in [0.5, 0.6) is 0 Å². The van der Waals surface area contributed by atoms with Gasteiger partial charge in [0, 0.05) is 37.6 Å². The number of nitrogens with zero attached hydrogens (tertiary/aromatic N) is 3. The number of carbonyl (C=O) groups excluding carboxylic acids is 1. The van der Waals surface area contributed by atoms with Crippen LogP contribution in [0.4, 0.5) is 0 Å². The molecule has 3 heterocycles. The summed E-state index contributed by atoms with van der Waals surface area (Å²) in [5, 5.41) is 0.904. The van der Waals surface area contributed by atoms with Gasteiger partial charge >= 0.3 is 0 Å². The van der Waals surface area contributed by atoms with Gasteiger partial charge in [-0.2, -0.15) is 0 Å². The fourth-order valence-corrected chi connectivity index (χ4v) is 4.63. The monoisotopic (exact) mass is 375 g/mol. The van der Waals surface area contributed by atoms with E-state index in [0.717, 1.165) is 43.1 Å². The van der Waals surface area contributed by atoms with Gasteiger partial charge in [-0.3, -0.25) is 9.69 Å². The van der Waals surface area contributed by atoms with E-state index in [1.54, 1.807) is 6.26 Å². The number of rotatable bonds is 3. The number of aromatic nitrogens is 1. The molecule has 0 unspecified atom stereocenters. The number of hydrogen-bond donors (Lipinski definition) is 0. The molecule has 3 aromatic rings. The van der Waals surface area contributed by atoms with Crippen LogP contribution in [0, 0.1) is 0 Å². The summed E-state index contributed by atoms with van der Waals surface area (Å²) in [5.41, 5.74) is 2.24. The first-order chi connectivity index (χ1) is 13.8. The van der Waals surface area contributed by atoms with Crippen molar-refractivity contribution >= 4 is 16.8 Å². The Morgan fingerprint density at radius 2 is 1.79 bits per heavy atom. The quantitative estimate of drug-likeness (QED) is 0.689. The normalized spacial score (nSPS) is 18.8. The van der Waals surface area contributed by atoms with Crippen molar-refractivity contribution in [3.05, 3.63) is 54.3 Å². The summed E-state index contributed by atoms with van der Waals surface area (Å²) in [4.78, 5) is 22.7. The molecular weight excluding hydrogens is 350 g/mol. The van der Waals surface area contributed by atoms with Gasteiger partial charge in [0.2, 0.25) is 0 Å². The van der Waals surface area contributed by atoms with Crippen molar-refractivity contribution in [1.82, 2.24) is 14.8 Å². The smallest absolute Gasteiger partial charge is 0.254 e. The van der Waals surface area contributed by atoms with Crippen LogP contribution >= 0.6 is 0 Å². The van der Waals surface area contributed by atoms with Crippen LogP contribution in [0.15, 0.2) is 53.1 Å². The molecule has 1 aliphatic heterocycles. The lowest BCUT2D eigenvalue weighted by atomic mass is 10.0. The van der Waals surface area contributed by atoms with Gasteiger partial charge in [-0.25, -0.2) is 4.98 Å². The van der Waals surface area contributed by atoms with Crippen molar-refractivity contribution in [2.75, 3.05) is 26.2 Å². The molecule has 2 fully saturated rings. The highest BCUT2D eigenvalue weighted by molar-refractivity contribution is 6.07. The average molecular weight is 375 g/mol. The van der Waals surface area contributed by atoms with Crippen molar-refractivity contribution in [2.24, 2.45) is 0 Å². The van der Waals surface area contributed by atoms with E-state index in [0.29, 0.717) is 17.0 Å². The van der Waals surface area contributed by atoms with Crippen LogP contribution in [-0.2, 0) is 0 Å². The minimum Gasteiger partial charge on any atom is -0.463 e. The first-order valence-electron chi connectivity index (χ1n) is 10.3. The Hall–Kier alpha value is -2.66. The summed E-state index contributed by atoms with van der Waals surface area (Å²) in [5.74, 6) is 0.781. The average Bonchev–Trinajstić information content (AvgIpc) is 3.47. The zero-order valence-electron chi connectivity index (χ0n) is 16.0. The molecule has 5 heteroatoms. The minimum atomic E-state index is 0.0949. The minimum absolute atomic E-state index is 0.0949. The SMILES string of the molecule is O=C(c1cc(-c2ccco2)nc2ccccc12)N1CCN(C2CCCC2)CC1. The predicted molar refractivity (Wildman–Crippen MR) is 109 cm³/mol. The van der Waals surface area contributed by atoms with Gasteiger partial charge in [0.1, 0.15) is 5.69 Å². The number of furan rings is 1. The van der Waals surface area contributed by atoms with Gasteiger partial charge in [0.05, 0.1) is 17.3 Å². The van der Waals surface area contributed by atoms with Crippen molar-refractivity contribution in [3.63, 3.8) is 0 Å². The molecule has 5 rings (SSSR count). The van der Waals surface area contributed by atoms with Gasteiger partial charge in [0.25, 0.3) is 5.91 Å². The lowest BCUT2D eigenvalue weighted by molar-refractivity contribution is 0.0575. The second-order valence-corrected chi connectivity index (χ2v) is 7.82. The summed E-state index contributed by atoms with van der Waals surface area (Å²) in [6.45, 7) is 3.54. The molecule has 28 heavy (non-hydrogen) atoms. The van der Waals surface area contributed by atoms with E-state index in [4.69, 9.17) is 9.40 Å². The number of pyridine rings is 1. The van der Waals surface area contributed by atoms with Gasteiger partial charge in [-0.15, -0.1) is 0 Å². The van der Waals surface area contributed by atoms with E-state index in [-0.39, 0.29) is 5.91 Å². The Kier molecular flexibility index (Phi) is 4.61. The van der Waals surface area contributed by atoms with Gasteiger partial charge in [-0.05, 0) is 37.1 Å². The molecule has 0 atom stereocenters. The number of carbonyl (C=O) groups is 1. The Bertz CT molecular complexity index is 969. The number of benzene rings is 1. The summed E-state index contributed by atoms with van der Waals surface area (Å²) in [6, 6.07) is 14.2. The second kappa shape index (κ2) is 7.40. The van der Waals surface area contributed by atoms with E-state index in [9.17, 15) is 4.79 Å². The fraction of sp³-hybridized carbons (Fsp3) is 0.391.